The fraction of sp³-hybridized carbons (Fsp3) is 0.400. The summed E-state index contributed by atoms with van der Waals surface area (Å²) < 4.78 is 61.4. The van der Waals surface area contributed by atoms with Gasteiger partial charge in [0.05, 0.1) is 11.3 Å². The van der Waals surface area contributed by atoms with E-state index in [4.69, 9.17) is 5.73 Å². The highest BCUT2D eigenvalue weighted by Crippen LogP contribution is 2.27. The number of anilines is 1. The third kappa shape index (κ3) is 4.36. The predicted molar refractivity (Wildman–Crippen MR) is 69.0 cm³/mol. The summed E-state index contributed by atoms with van der Waals surface area (Å²) in [5.74, 6) is 0. The van der Waals surface area contributed by atoms with Crippen LogP contribution < -0.4 is 5.73 Å². The summed E-state index contributed by atoms with van der Waals surface area (Å²) in [5.41, 5.74) is 5.70. The van der Waals surface area contributed by atoms with Crippen LogP contribution in [-0.2, 0) is 10.0 Å². The lowest BCUT2D eigenvalue weighted by molar-refractivity contribution is -0.135. The first-order valence-corrected chi connectivity index (χ1v) is 7.35. The van der Waals surface area contributed by atoms with Crippen molar-refractivity contribution < 1.29 is 21.6 Å². The molecule has 9 heteroatoms. The second-order valence-electron chi connectivity index (χ2n) is 3.88. The topological polar surface area (TPSA) is 63.4 Å². The van der Waals surface area contributed by atoms with Crippen molar-refractivity contribution in [3.63, 3.8) is 0 Å². The molecule has 0 amide bonds. The van der Waals surface area contributed by atoms with Gasteiger partial charge in [-0.25, -0.2) is 12.7 Å². The lowest BCUT2D eigenvalue weighted by atomic mass is 10.3. The van der Waals surface area contributed by atoms with E-state index in [1.807, 2.05) is 0 Å². The number of hydrogen-bond acceptors (Lipinski definition) is 3. The third-order valence-corrected chi connectivity index (χ3v) is 5.20. The van der Waals surface area contributed by atoms with Crippen molar-refractivity contribution in [1.82, 2.24) is 4.31 Å². The Bertz CT molecular complexity index is 560. The third-order valence-electron chi connectivity index (χ3n) is 2.35. The first-order valence-electron chi connectivity index (χ1n) is 5.12. The standard InChI is InChI=1S/C10H12BrF3N2O2S/c1-16(5-4-10(12,13)14)19(17,18)9-6-7(15)2-3-8(9)11/h2-3,6H,4-5,15H2,1H3. The van der Waals surface area contributed by atoms with Gasteiger partial charge in [-0.1, -0.05) is 0 Å². The molecule has 0 heterocycles. The minimum atomic E-state index is -4.41. The molecule has 0 spiro atoms. The molecule has 108 valence electrons. The van der Waals surface area contributed by atoms with Gasteiger partial charge in [-0.05, 0) is 34.1 Å². The molecule has 0 unspecified atom stereocenters. The van der Waals surface area contributed by atoms with Crippen LogP contribution >= 0.6 is 15.9 Å². The summed E-state index contributed by atoms with van der Waals surface area (Å²) in [6.07, 6.45) is -5.61. The van der Waals surface area contributed by atoms with Crippen molar-refractivity contribution in [3.05, 3.63) is 22.7 Å². The summed E-state index contributed by atoms with van der Waals surface area (Å²) in [6, 6.07) is 4.11. The zero-order valence-electron chi connectivity index (χ0n) is 9.91. The van der Waals surface area contributed by atoms with Crippen LogP contribution in [0.2, 0.25) is 0 Å². The molecule has 1 aromatic carbocycles. The molecule has 2 N–H and O–H groups in total. The number of halogens is 4. The number of sulfonamides is 1. The number of hydrogen-bond donors (Lipinski definition) is 1. The van der Waals surface area contributed by atoms with Gasteiger partial charge < -0.3 is 5.73 Å². The fourth-order valence-corrected chi connectivity index (χ4v) is 3.42. The average molecular weight is 361 g/mol. The van der Waals surface area contributed by atoms with Gasteiger partial charge in [-0.2, -0.15) is 13.2 Å². The van der Waals surface area contributed by atoms with Crippen LogP contribution in [0.1, 0.15) is 6.42 Å². The monoisotopic (exact) mass is 360 g/mol. The molecule has 0 aliphatic heterocycles. The van der Waals surface area contributed by atoms with E-state index in [0.29, 0.717) is 4.31 Å². The molecular weight excluding hydrogens is 349 g/mol. The van der Waals surface area contributed by atoms with Gasteiger partial charge >= 0.3 is 6.18 Å². The first kappa shape index (κ1) is 16.3. The van der Waals surface area contributed by atoms with Crippen molar-refractivity contribution in [2.45, 2.75) is 17.5 Å². The number of nitrogens with zero attached hydrogens (tertiary/aromatic N) is 1. The van der Waals surface area contributed by atoms with Gasteiger partial charge in [-0.3, -0.25) is 0 Å². The first-order chi connectivity index (χ1) is 8.54. The van der Waals surface area contributed by atoms with Crippen molar-refractivity contribution >= 4 is 31.6 Å². The number of alkyl halides is 3. The van der Waals surface area contributed by atoms with Crippen LogP contribution in [0.3, 0.4) is 0 Å². The molecule has 0 saturated carbocycles. The molecule has 1 rings (SSSR count). The summed E-state index contributed by atoms with van der Waals surface area (Å²) in [7, 11) is -2.91. The maximum Gasteiger partial charge on any atom is 0.390 e. The molecule has 0 fully saturated rings. The van der Waals surface area contributed by atoms with Crippen LogP contribution in [0.15, 0.2) is 27.6 Å². The smallest absolute Gasteiger partial charge is 0.390 e. The molecular formula is C10H12BrF3N2O2S. The van der Waals surface area contributed by atoms with E-state index in [0.717, 1.165) is 7.05 Å². The van der Waals surface area contributed by atoms with Crippen LogP contribution in [-0.4, -0.2) is 32.5 Å². The molecule has 0 aromatic heterocycles. The highest BCUT2D eigenvalue weighted by atomic mass is 79.9. The van der Waals surface area contributed by atoms with Crippen LogP contribution in [0.4, 0.5) is 18.9 Å². The van der Waals surface area contributed by atoms with Crippen molar-refractivity contribution in [2.75, 3.05) is 19.3 Å². The van der Waals surface area contributed by atoms with E-state index in [1.54, 1.807) is 0 Å². The largest absolute Gasteiger partial charge is 0.399 e. The van der Waals surface area contributed by atoms with Gasteiger partial charge in [0.2, 0.25) is 10.0 Å². The van der Waals surface area contributed by atoms with Crippen molar-refractivity contribution in [2.24, 2.45) is 0 Å². The summed E-state index contributed by atoms with van der Waals surface area (Å²) in [4.78, 5) is -0.155. The van der Waals surface area contributed by atoms with E-state index in [2.05, 4.69) is 15.9 Å². The number of benzene rings is 1. The van der Waals surface area contributed by atoms with Crippen molar-refractivity contribution in [3.8, 4) is 0 Å². The van der Waals surface area contributed by atoms with Gasteiger partial charge in [0.15, 0.2) is 0 Å². The zero-order valence-corrected chi connectivity index (χ0v) is 12.3. The van der Waals surface area contributed by atoms with Gasteiger partial charge in [0.1, 0.15) is 0 Å². The average Bonchev–Trinajstić information content (AvgIpc) is 2.28. The Morgan fingerprint density at radius 3 is 2.47 bits per heavy atom. The summed E-state index contributed by atoms with van der Waals surface area (Å²) >= 11 is 3.04. The summed E-state index contributed by atoms with van der Waals surface area (Å²) in [6.45, 7) is -0.646. The molecule has 4 nitrogen and oxygen atoms in total. The van der Waals surface area contributed by atoms with Crippen molar-refractivity contribution in [1.29, 1.82) is 0 Å². The van der Waals surface area contributed by atoms with Gasteiger partial charge in [0, 0.05) is 23.8 Å². The predicted octanol–water partition coefficient (Wildman–Crippen LogP) is 2.60. The number of nitrogens with two attached hydrogens (primary N) is 1. The molecule has 0 saturated heterocycles. The maximum atomic E-state index is 12.1. The Morgan fingerprint density at radius 2 is 1.95 bits per heavy atom. The highest BCUT2D eigenvalue weighted by Gasteiger charge is 2.31. The summed E-state index contributed by atoms with van der Waals surface area (Å²) in [5, 5.41) is 0. The Labute approximate surface area is 117 Å². The molecule has 0 radical (unpaired) electrons. The fourth-order valence-electron chi connectivity index (χ4n) is 1.29. The van der Waals surface area contributed by atoms with E-state index >= 15 is 0 Å². The van der Waals surface area contributed by atoms with E-state index in [9.17, 15) is 21.6 Å². The molecule has 0 aliphatic carbocycles. The van der Waals surface area contributed by atoms with E-state index < -0.39 is 29.2 Å². The molecule has 0 aliphatic rings. The molecule has 1 aromatic rings. The van der Waals surface area contributed by atoms with E-state index in [-0.39, 0.29) is 15.1 Å². The quantitative estimate of drug-likeness (QED) is 0.839. The lowest BCUT2D eigenvalue weighted by Gasteiger charge is -2.19. The molecule has 0 bridgehead atoms. The SMILES string of the molecule is CN(CCC(F)(F)F)S(=O)(=O)c1cc(N)ccc1Br. The zero-order chi connectivity index (χ0) is 14.8. The van der Waals surface area contributed by atoms with Gasteiger partial charge in [-0.15, -0.1) is 0 Å². The lowest BCUT2D eigenvalue weighted by Crippen LogP contribution is -2.31. The Morgan fingerprint density at radius 1 is 1.37 bits per heavy atom. The Kier molecular flexibility index (Phi) is 4.86. The Hall–Kier alpha value is -0.800. The maximum absolute atomic E-state index is 12.1. The molecule has 0 atom stereocenters. The molecule has 19 heavy (non-hydrogen) atoms. The van der Waals surface area contributed by atoms with Crippen LogP contribution in [0.25, 0.3) is 0 Å². The van der Waals surface area contributed by atoms with Crippen LogP contribution in [0, 0.1) is 0 Å². The normalized spacial score (nSPS) is 12.9. The minimum absolute atomic E-state index is 0.155. The second-order valence-corrected chi connectivity index (χ2v) is 6.75. The highest BCUT2D eigenvalue weighted by molar-refractivity contribution is 9.10. The van der Waals surface area contributed by atoms with Gasteiger partial charge in [0.25, 0.3) is 0 Å². The van der Waals surface area contributed by atoms with Crippen LogP contribution in [0.5, 0.6) is 0 Å². The van der Waals surface area contributed by atoms with E-state index in [1.165, 1.54) is 18.2 Å². The minimum Gasteiger partial charge on any atom is -0.399 e. The number of rotatable bonds is 4. The Balaban J connectivity index is 3.00. The number of nitrogen functional groups attached to an aromatic ring is 1. The second kappa shape index (κ2) is 5.68.